The van der Waals surface area contributed by atoms with E-state index in [4.69, 9.17) is 24.4 Å². The molecular formula is C42H24N4OS. The number of aromatic nitrogens is 4. The number of thiazole rings is 1. The summed E-state index contributed by atoms with van der Waals surface area (Å²) >= 11 is 1.72. The molecule has 7 aromatic carbocycles. The highest BCUT2D eigenvalue weighted by atomic mass is 32.1. The van der Waals surface area contributed by atoms with Crippen LogP contribution in [0.5, 0.6) is 0 Å². The molecule has 6 heteroatoms. The molecule has 0 bridgehead atoms. The Bertz CT molecular complexity index is 2860. The van der Waals surface area contributed by atoms with Crippen LogP contribution < -0.4 is 0 Å². The van der Waals surface area contributed by atoms with Crippen molar-refractivity contribution in [2.45, 2.75) is 0 Å². The van der Waals surface area contributed by atoms with Gasteiger partial charge in [0.15, 0.2) is 17.5 Å². The van der Waals surface area contributed by atoms with E-state index in [0.29, 0.717) is 17.5 Å². The number of para-hydroxylation sites is 1. The first kappa shape index (κ1) is 26.9. The lowest BCUT2D eigenvalue weighted by Crippen LogP contribution is -2.00. The van der Waals surface area contributed by atoms with E-state index in [2.05, 4.69) is 109 Å². The highest BCUT2D eigenvalue weighted by Gasteiger charge is 2.18. The number of furan rings is 1. The van der Waals surface area contributed by atoms with Gasteiger partial charge >= 0.3 is 0 Å². The maximum absolute atomic E-state index is 6.23. The van der Waals surface area contributed by atoms with E-state index in [1.54, 1.807) is 11.3 Å². The minimum Gasteiger partial charge on any atom is -0.456 e. The summed E-state index contributed by atoms with van der Waals surface area (Å²) in [6, 6.07) is 49.9. The molecule has 0 unspecified atom stereocenters. The molecule has 3 aromatic heterocycles. The van der Waals surface area contributed by atoms with Crippen LogP contribution >= 0.6 is 11.3 Å². The Labute approximate surface area is 278 Å². The average Bonchev–Trinajstić information content (AvgIpc) is 3.77. The van der Waals surface area contributed by atoms with Crippen molar-refractivity contribution in [2.24, 2.45) is 0 Å². The second-order valence-corrected chi connectivity index (χ2v) is 12.9. The van der Waals surface area contributed by atoms with Gasteiger partial charge in [-0.2, -0.15) is 0 Å². The summed E-state index contributed by atoms with van der Waals surface area (Å²) in [6.45, 7) is 0. The van der Waals surface area contributed by atoms with Crippen LogP contribution in [0.25, 0.3) is 98.4 Å². The molecule has 10 aromatic rings. The molecule has 0 saturated heterocycles. The zero-order valence-electron chi connectivity index (χ0n) is 25.5. The number of hydrogen-bond donors (Lipinski definition) is 0. The van der Waals surface area contributed by atoms with Gasteiger partial charge in [0.2, 0.25) is 0 Å². The third-order valence-corrected chi connectivity index (χ3v) is 10.1. The first-order valence-corrected chi connectivity index (χ1v) is 16.6. The maximum atomic E-state index is 6.23. The smallest absolute Gasteiger partial charge is 0.164 e. The molecule has 224 valence electrons. The zero-order valence-corrected chi connectivity index (χ0v) is 26.3. The summed E-state index contributed by atoms with van der Waals surface area (Å²) in [5.74, 6) is 1.84. The SMILES string of the molecule is c1ccc(-c2nc3ccc4cc(-c5nc(-c6ccc7ccccc7c6)nc(-c6cccc7oc8ccccc8c67)n5)ccc4c3s2)cc1. The quantitative estimate of drug-likeness (QED) is 0.193. The van der Waals surface area contributed by atoms with Crippen molar-refractivity contribution < 1.29 is 4.42 Å². The Morgan fingerprint density at radius 1 is 0.438 bits per heavy atom. The summed E-state index contributed by atoms with van der Waals surface area (Å²) < 4.78 is 7.40. The molecule has 3 heterocycles. The average molecular weight is 633 g/mol. The van der Waals surface area contributed by atoms with Gasteiger partial charge in [-0.15, -0.1) is 11.3 Å². The number of benzene rings is 7. The Morgan fingerprint density at radius 3 is 2.00 bits per heavy atom. The van der Waals surface area contributed by atoms with Crippen LogP contribution in [-0.2, 0) is 0 Å². The topological polar surface area (TPSA) is 64.7 Å². The van der Waals surface area contributed by atoms with Crippen LogP contribution in [0.4, 0.5) is 0 Å². The fourth-order valence-corrected chi connectivity index (χ4v) is 7.71. The van der Waals surface area contributed by atoms with Crippen LogP contribution in [0.3, 0.4) is 0 Å². The van der Waals surface area contributed by atoms with Crippen LogP contribution in [0.15, 0.2) is 150 Å². The normalized spacial score (nSPS) is 11.8. The van der Waals surface area contributed by atoms with E-state index in [0.717, 1.165) is 70.9 Å². The zero-order chi connectivity index (χ0) is 31.6. The van der Waals surface area contributed by atoms with E-state index in [-0.39, 0.29) is 0 Å². The monoisotopic (exact) mass is 632 g/mol. The molecule has 0 atom stereocenters. The van der Waals surface area contributed by atoms with Gasteiger partial charge in [0.25, 0.3) is 0 Å². The van der Waals surface area contributed by atoms with Crippen LogP contribution in [0.1, 0.15) is 0 Å². The summed E-state index contributed by atoms with van der Waals surface area (Å²) in [6.07, 6.45) is 0. The van der Waals surface area contributed by atoms with Gasteiger partial charge in [-0.1, -0.05) is 115 Å². The first-order valence-electron chi connectivity index (χ1n) is 15.8. The first-order chi connectivity index (χ1) is 23.7. The molecule has 0 spiro atoms. The Morgan fingerprint density at radius 2 is 1.12 bits per heavy atom. The standard InChI is InChI=1S/C42H24N4OS/c1-2-10-26(11-3-1)42-43-34-22-20-28-24-30(19-21-31(28)38(34)48-42)40-44-39(29-18-17-25-9-4-5-12-27(25)23-29)45-41(46-40)33-14-8-16-36-37(33)32-13-6-7-15-35(32)47-36/h1-24H. The molecule has 10 rings (SSSR count). The second-order valence-electron chi connectivity index (χ2n) is 11.9. The molecule has 0 aliphatic heterocycles. The van der Waals surface area contributed by atoms with Gasteiger partial charge in [-0.25, -0.2) is 19.9 Å². The molecule has 0 radical (unpaired) electrons. The van der Waals surface area contributed by atoms with Crippen molar-refractivity contribution in [3.8, 4) is 44.7 Å². The molecule has 0 amide bonds. The fourth-order valence-electron chi connectivity index (χ4n) is 6.60. The minimum absolute atomic E-state index is 0.603. The van der Waals surface area contributed by atoms with Gasteiger partial charge in [0, 0.05) is 38.4 Å². The number of nitrogens with zero attached hydrogens (tertiary/aromatic N) is 4. The maximum Gasteiger partial charge on any atom is 0.164 e. The van der Waals surface area contributed by atoms with E-state index >= 15 is 0 Å². The Kier molecular flexibility index (Phi) is 5.98. The van der Waals surface area contributed by atoms with Crippen molar-refractivity contribution in [1.29, 1.82) is 0 Å². The molecule has 0 saturated carbocycles. The third kappa shape index (κ3) is 4.38. The highest BCUT2D eigenvalue weighted by molar-refractivity contribution is 7.22. The number of fused-ring (bicyclic) bond motifs is 7. The van der Waals surface area contributed by atoms with Crippen molar-refractivity contribution in [2.75, 3.05) is 0 Å². The van der Waals surface area contributed by atoms with Crippen LogP contribution in [-0.4, -0.2) is 19.9 Å². The molecule has 0 aliphatic rings. The molecule has 0 fully saturated rings. The van der Waals surface area contributed by atoms with E-state index in [9.17, 15) is 0 Å². The Balaban J connectivity index is 1.18. The largest absolute Gasteiger partial charge is 0.456 e. The number of rotatable bonds is 4. The van der Waals surface area contributed by atoms with Gasteiger partial charge in [-0.05, 0) is 46.5 Å². The van der Waals surface area contributed by atoms with E-state index in [1.807, 2.05) is 36.4 Å². The van der Waals surface area contributed by atoms with Gasteiger partial charge in [-0.3, -0.25) is 0 Å². The van der Waals surface area contributed by atoms with Crippen molar-refractivity contribution in [1.82, 2.24) is 19.9 Å². The lowest BCUT2D eigenvalue weighted by Gasteiger charge is -2.10. The predicted octanol–water partition coefficient (Wildman–Crippen LogP) is 11.4. The highest BCUT2D eigenvalue weighted by Crippen LogP contribution is 2.39. The van der Waals surface area contributed by atoms with Crippen LogP contribution in [0.2, 0.25) is 0 Å². The molecular weight excluding hydrogens is 609 g/mol. The summed E-state index contributed by atoms with van der Waals surface area (Å²) in [5, 5.41) is 7.63. The number of hydrogen-bond acceptors (Lipinski definition) is 6. The summed E-state index contributed by atoms with van der Waals surface area (Å²) in [4.78, 5) is 20.3. The molecule has 0 aliphatic carbocycles. The van der Waals surface area contributed by atoms with Gasteiger partial charge in [0.05, 0.1) is 10.2 Å². The van der Waals surface area contributed by atoms with Crippen molar-refractivity contribution in [3.63, 3.8) is 0 Å². The lowest BCUT2D eigenvalue weighted by atomic mass is 10.0. The van der Waals surface area contributed by atoms with Gasteiger partial charge < -0.3 is 4.42 Å². The summed E-state index contributed by atoms with van der Waals surface area (Å²) in [5.41, 5.74) is 6.53. The molecule has 48 heavy (non-hydrogen) atoms. The van der Waals surface area contributed by atoms with E-state index in [1.165, 1.54) is 10.1 Å². The second kappa shape index (κ2) is 10.7. The van der Waals surface area contributed by atoms with Crippen LogP contribution in [0, 0.1) is 0 Å². The summed E-state index contributed by atoms with van der Waals surface area (Å²) in [7, 11) is 0. The van der Waals surface area contributed by atoms with E-state index < -0.39 is 0 Å². The lowest BCUT2D eigenvalue weighted by molar-refractivity contribution is 0.669. The molecule has 5 nitrogen and oxygen atoms in total. The van der Waals surface area contributed by atoms with Gasteiger partial charge in [0.1, 0.15) is 16.2 Å². The van der Waals surface area contributed by atoms with Crippen molar-refractivity contribution >= 4 is 65.0 Å². The molecule has 0 N–H and O–H groups in total. The minimum atomic E-state index is 0.603. The fraction of sp³-hybridized carbons (Fsp3) is 0. The third-order valence-electron chi connectivity index (χ3n) is 8.94. The van der Waals surface area contributed by atoms with Crippen molar-refractivity contribution in [3.05, 3.63) is 146 Å². The predicted molar refractivity (Wildman–Crippen MR) is 197 cm³/mol. The Hall–Kier alpha value is -6.24.